The predicted molar refractivity (Wildman–Crippen MR) is 69.0 cm³/mol. The monoisotopic (exact) mass is 250 g/mol. The number of rotatable bonds is 8. The van der Waals surface area contributed by atoms with E-state index in [4.69, 9.17) is 9.47 Å². The molecule has 1 atom stereocenters. The van der Waals surface area contributed by atoms with Crippen molar-refractivity contribution < 1.29 is 19.4 Å². The van der Waals surface area contributed by atoms with E-state index < -0.39 is 6.10 Å². The second kappa shape index (κ2) is 7.63. The number of aliphatic hydroxyl groups excluding tert-OH is 1. The highest BCUT2D eigenvalue weighted by Gasteiger charge is 2.05. The van der Waals surface area contributed by atoms with Crippen LogP contribution in [0.5, 0.6) is 5.75 Å². The first-order valence-electron chi connectivity index (χ1n) is 5.70. The zero-order valence-corrected chi connectivity index (χ0v) is 10.5. The average Bonchev–Trinajstić information content (AvgIpc) is 2.36. The minimum atomic E-state index is -0.685. The van der Waals surface area contributed by atoms with Gasteiger partial charge in [-0.05, 0) is 31.2 Å². The van der Waals surface area contributed by atoms with Crippen LogP contribution >= 0.6 is 0 Å². The minimum Gasteiger partial charge on any atom is -0.491 e. The fourth-order valence-electron chi connectivity index (χ4n) is 1.25. The minimum absolute atomic E-state index is 0.149. The normalized spacial score (nSPS) is 11.9. The third kappa shape index (κ3) is 5.61. The fraction of sp³-hybridized carbons (Fsp3) is 0.357. The van der Waals surface area contributed by atoms with Crippen LogP contribution in [-0.2, 0) is 4.74 Å². The predicted octanol–water partition coefficient (Wildman–Crippen LogP) is 1.83. The summed E-state index contributed by atoms with van der Waals surface area (Å²) in [6, 6.07) is 6.69. The summed E-state index contributed by atoms with van der Waals surface area (Å²) >= 11 is 0. The van der Waals surface area contributed by atoms with E-state index in [0.717, 1.165) is 11.9 Å². The van der Waals surface area contributed by atoms with Gasteiger partial charge < -0.3 is 14.6 Å². The Kier molecular flexibility index (Phi) is 6.11. The Morgan fingerprint density at radius 1 is 1.39 bits per heavy atom. The van der Waals surface area contributed by atoms with Gasteiger partial charge in [0.2, 0.25) is 0 Å². The Hall–Kier alpha value is -1.65. The van der Waals surface area contributed by atoms with E-state index >= 15 is 0 Å². The van der Waals surface area contributed by atoms with E-state index in [1.165, 1.54) is 0 Å². The molecule has 0 bridgehead atoms. The van der Waals surface area contributed by atoms with E-state index in [1.807, 2.05) is 6.92 Å². The van der Waals surface area contributed by atoms with Crippen LogP contribution in [0.4, 0.5) is 0 Å². The van der Waals surface area contributed by atoms with E-state index in [9.17, 15) is 9.90 Å². The van der Waals surface area contributed by atoms with E-state index in [2.05, 4.69) is 6.58 Å². The second-order valence-corrected chi connectivity index (χ2v) is 4.12. The largest absolute Gasteiger partial charge is 0.491 e. The molecule has 0 saturated heterocycles. The summed E-state index contributed by atoms with van der Waals surface area (Å²) in [4.78, 5) is 10.5. The molecule has 0 aliphatic heterocycles. The molecule has 98 valence electrons. The SMILES string of the molecule is C=C(C)COCC(O)COc1ccc(C=O)cc1. The molecule has 0 aromatic heterocycles. The summed E-state index contributed by atoms with van der Waals surface area (Å²) in [5.41, 5.74) is 1.50. The van der Waals surface area contributed by atoms with Gasteiger partial charge in [0.05, 0.1) is 13.2 Å². The molecule has 1 rings (SSSR count). The van der Waals surface area contributed by atoms with Crippen molar-refractivity contribution in [2.24, 2.45) is 0 Å². The summed E-state index contributed by atoms with van der Waals surface area (Å²) in [6.45, 7) is 6.35. The lowest BCUT2D eigenvalue weighted by Gasteiger charge is -2.12. The highest BCUT2D eigenvalue weighted by molar-refractivity contribution is 5.74. The lowest BCUT2D eigenvalue weighted by atomic mass is 10.2. The van der Waals surface area contributed by atoms with Gasteiger partial charge >= 0.3 is 0 Å². The Morgan fingerprint density at radius 3 is 2.61 bits per heavy atom. The summed E-state index contributed by atoms with van der Waals surface area (Å²) in [7, 11) is 0. The lowest BCUT2D eigenvalue weighted by Crippen LogP contribution is -2.23. The maximum Gasteiger partial charge on any atom is 0.150 e. The molecule has 0 saturated carbocycles. The first-order valence-corrected chi connectivity index (χ1v) is 5.70. The van der Waals surface area contributed by atoms with Crippen LogP contribution in [0.15, 0.2) is 36.4 Å². The topological polar surface area (TPSA) is 55.8 Å². The van der Waals surface area contributed by atoms with Crippen molar-refractivity contribution in [3.8, 4) is 5.75 Å². The van der Waals surface area contributed by atoms with Gasteiger partial charge in [-0.15, -0.1) is 0 Å². The summed E-state index contributed by atoms with van der Waals surface area (Å²) in [5.74, 6) is 0.611. The molecule has 1 N–H and O–H groups in total. The number of benzene rings is 1. The highest BCUT2D eigenvalue weighted by atomic mass is 16.5. The Labute approximate surface area is 107 Å². The van der Waals surface area contributed by atoms with Gasteiger partial charge in [0.1, 0.15) is 24.7 Å². The van der Waals surface area contributed by atoms with Crippen molar-refractivity contribution >= 4 is 6.29 Å². The van der Waals surface area contributed by atoms with Crippen molar-refractivity contribution in [1.29, 1.82) is 0 Å². The molecule has 0 radical (unpaired) electrons. The van der Waals surface area contributed by atoms with Crippen molar-refractivity contribution in [3.05, 3.63) is 42.0 Å². The first-order chi connectivity index (χ1) is 8.61. The maximum atomic E-state index is 10.5. The van der Waals surface area contributed by atoms with Crippen LogP contribution in [-0.4, -0.2) is 37.3 Å². The molecule has 1 unspecified atom stereocenters. The number of hydrogen-bond donors (Lipinski definition) is 1. The molecule has 1 aromatic carbocycles. The maximum absolute atomic E-state index is 10.5. The van der Waals surface area contributed by atoms with Crippen molar-refractivity contribution in [3.63, 3.8) is 0 Å². The summed E-state index contributed by atoms with van der Waals surface area (Å²) < 4.78 is 10.6. The number of aliphatic hydroxyl groups is 1. The first kappa shape index (κ1) is 14.4. The van der Waals surface area contributed by atoms with Gasteiger partial charge in [-0.2, -0.15) is 0 Å². The quantitative estimate of drug-likeness (QED) is 0.565. The van der Waals surface area contributed by atoms with Gasteiger partial charge in [0, 0.05) is 5.56 Å². The molecule has 0 aliphatic carbocycles. The van der Waals surface area contributed by atoms with Crippen LogP contribution < -0.4 is 4.74 Å². The van der Waals surface area contributed by atoms with Crippen LogP contribution in [0.25, 0.3) is 0 Å². The highest BCUT2D eigenvalue weighted by Crippen LogP contribution is 2.11. The smallest absolute Gasteiger partial charge is 0.150 e. The molecular formula is C14H18O4. The van der Waals surface area contributed by atoms with Gasteiger partial charge in [-0.1, -0.05) is 12.2 Å². The van der Waals surface area contributed by atoms with Crippen LogP contribution in [0.3, 0.4) is 0 Å². The zero-order valence-electron chi connectivity index (χ0n) is 10.5. The molecule has 18 heavy (non-hydrogen) atoms. The summed E-state index contributed by atoms with van der Waals surface area (Å²) in [6.07, 6.45) is 0.0828. The standard InChI is InChI=1S/C14H18O4/c1-11(2)8-17-9-13(16)10-18-14-5-3-12(7-15)4-6-14/h3-7,13,16H,1,8-10H2,2H3. The van der Waals surface area contributed by atoms with Crippen molar-refractivity contribution in [1.82, 2.24) is 0 Å². The molecule has 0 spiro atoms. The third-order valence-corrected chi connectivity index (χ3v) is 2.12. The Balaban J connectivity index is 2.26. The van der Waals surface area contributed by atoms with Crippen LogP contribution in [0, 0.1) is 0 Å². The van der Waals surface area contributed by atoms with Gasteiger partial charge in [0.15, 0.2) is 0 Å². The Bertz CT molecular complexity index is 383. The van der Waals surface area contributed by atoms with Gasteiger partial charge in [-0.3, -0.25) is 4.79 Å². The zero-order chi connectivity index (χ0) is 13.4. The Morgan fingerprint density at radius 2 is 2.06 bits per heavy atom. The molecule has 1 aromatic rings. The molecular weight excluding hydrogens is 232 g/mol. The van der Waals surface area contributed by atoms with E-state index in [0.29, 0.717) is 17.9 Å². The van der Waals surface area contributed by atoms with Gasteiger partial charge in [-0.25, -0.2) is 0 Å². The lowest BCUT2D eigenvalue weighted by molar-refractivity contribution is 0.0195. The van der Waals surface area contributed by atoms with Crippen molar-refractivity contribution in [2.75, 3.05) is 19.8 Å². The van der Waals surface area contributed by atoms with E-state index in [-0.39, 0.29) is 13.2 Å². The van der Waals surface area contributed by atoms with Crippen LogP contribution in [0.2, 0.25) is 0 Å². The molecule has 0 fully saturated rings. The molecule has 0 heterocycles. The number of carbonyl (C=O) groups is 1. The van der Waals surface area contributed by atoms with Crippen molar-refractivity contribution in [2.45, 2.75) is 13.0 Å². The molecule has 0 aliphatic rings. The van der Waals surface area contributed by atoms with E-state index in [1.54, 1.807) is 24.3 Å². The molecule has 4 nitrogen and oxygen atoms in total. The average molecular weight is 250 g/mol. The molecule has 0 amide bonds. The van der Waals surface area contributed by atoms with Crippen LogP contribution in [0.1, 0.15) is 17.3 Å². The number of carbonyl (C=O) groups excluding carboxylic acids is 1. The number of hydrogen-bond acceptors (Lipinski definition) is 4. The van der Waals surface area contributed by atoms with Gasteiger partial charge in [0.25, 0.3) is 0 Å². The summed E-state index contributed by atoms with van der Waals surface area (Å²) in [5, 5.41) is 9.59. The second-order valence-electron chi connectivity index (χ2n) is 4.12. The third-order valence-electron chi connectivity index (χ3n) is 2.12. The fourth-order valence-corrected chi connectivity index (χ4v) is 1.25. The number of ether oxygens (including phenoxy) is 2. The molecule has 4 heteroatoms. The number of aldehydes is 1.